The van der Waals surface area contributed by atoms with E-state index in [1.807, 2.05) is 0 Å². The highest BCUT2D eigenvalue weighted by atomic mass is 32.2. The highest BCUT2D eigenvalue weighted by Gasteiger charge is 2.44. The van der Waals surface area contributed by atoms with Crippen LogP contribution in [0, 0.1) is 5.82 Å². The van der Waals surface area contributed by atoms with Gasteiger partial charge in [0, 0.05) is 25.6 Å². The van der Waals surface area contributed by atoms with E-state index in [1.54, 1.807) is 0 Å². The van der Waals surface area contributed by atoms with E-state index in [-0.39, 0.29) is 36.8 Å². The predicted molar refractivity (Wildman–Crippen MR) is 115 cm³/mol. The molecule has 0 aliphatic carbocycles. The Morgan fingerprint density at radius 2 is 1.82 bits per heavy atom. The summed E-state index contributed by atoms with van der Waals surface area (Å²) in [6, 6.07) is 8.32. The number of aliphatic hydroxyl groups is 1. The summed E-state index contributed by atoms with van der Waals surface area (Å²) in [6.45, 7) is -0.207. The summed E-state index contributed by atoms with van der Waals surface area (Å²) in [5.74, 6) is -1.29. The highest BCUT2D eigenvalue weighted by Crippen LogP contribution is 2.35. The first-order chi connectivity index (χ1) is 16.2. The molecule has 182 valence electrons. The maximum absolute atomic E-state index is 13.2. The fourth-order valence-corrected chi connectivity index (χ4v) is 5.31. The van der Waals surface area contributed by atoms with Gasteiger partial charge >= 0.3 is 5.97 Å². The maximum Gasteiger partial charge on any atom is 0.325 e. The first-order valence-corrected chi connectivity index (χ1v) is 12.0. The number of fused-ring (bicyclic) bond motifs is 1. The highest BCUT2D eigenvalue weighted by molar-refractivity contribution is 7.89. The van der Waals surface area contributed by atoms with Crippen molar-refractivity contribution >= 4 is 21.9 Å². The number of nitrogens with zero attached hydrogens (tertiary/aromatic N) is 1. The lowest BCUT2D eigenvalue weighted by molar-refractivity contribution is -0.151. The molecule has 1 amide bonds. The third kappa shape index (κ3) is 5.29. The molecule has 2 heterocycles. The van der Waals surface area contributed by atoms with Crippen LogP contribution in [-0.4, -0.2) is 68.2 Å². The SMILES string of the molecule is O=C(COC(=O)[C@@H]1C[C@@H](O)CN1S(=O)(=O)c1ccc2c(c1)OCCO2)NCc1ccc(F)cc1. The van der Waals surface area contributed by atoms with E-state index in [0.29, 0.717) is 17.9 Å². The van der Waals surface area contributed by atoms with E-state index < -0.39 is 46.5 Å². The summed E-state index contributed by atoms with van der Waals surface area (Å²) < 4.78 is 56.1. The number of carbonyl (C=O) groups is 2. The second-order valence-electron chi connectivity index (χ2n) is 7.80. The number of sulfonamides is 1. The van der Waals surface area contributed by atoms with E-state index in [2.05, 4.69) is 5.32 Å². The van der Waals surface area contributed by atoms with Crippen LogP contribution in [0.25, 0.3) is 0 Å². The van der Waals surface area contributed by atoms with Gasteiger partial charge in [0.25, 0.3) is 5.91 Å². The van der Waals surface area contributed by atoms with Crippen LogP contribution in [0.15, 0.2) is 47.4 Å². The maximum atomic E-state index is 13.2. The lowest BCUT2D eigenvalue weighted by atomic mass is 10.2. The Kier molecular flexibility index (Phi) is 7.00. The van der Waals surface area contributed by atoms with Crippen molar-refractivity contribution in [2.24, 2.45) is 0 Å². The average Bonchev–Trinajstić information content (AvgIpc) is 3.24. The molecule has 0 bridgehead atoms. The second kappa shape index (κ2) is 9.95. The number of halogens is 1. The van der Waals surface area contributed by atoms with E-state index in [9.17, 15) is 27.5 Å². The molecule has 2 atom stereocenters. The van der Waals surface area contributed by atoms with Crippen molar-refractivity contribution in [1.82, 2.24) is 9.62 Å². The third-order valence-corrected chi connectivity index (χ3v) is 7.25. The average molecular weight is 494 g/mol. The van der Waals surface area contributed by atoms with Gasteiger partial charge in [-0.3, -0.25) is 9.59 Å². The Morgan fingerprint density at radius 1 is 1.12 bits per heavy atom. The normalized spacial score (nSPS) is 20.1. The van der Waals surface area contributed by atoms with E-state index in [1.165, 1.54) is 42.5 Å². The zero-order valence-corrected chi connectivity index (χ0v) is 18.8. The standard InChI is InChI=1S/C22H23FN2O8S/c23-15-3-1-14(2-4-15)11-24-21(27)13-33-22(28)18-9-16(26)12-25(18)34(29,30)17-5-6-19-20(10-17)32-8-7-31-19/h1-6,10,16,18,26H,7-9,11-13H2,(H,24,27)/t16-,18+/m1/s1. The number of amides is 1. The summed E-state index contributed by atoms with van der Waals surface area (Å²) >= 11 is 0. The molecule has 12 heteroatoms. The van der Waals surface area contributed by atoms with Crippen molar-refractivity contribution in [2.75, 3.05) is 26.4 Å². The van der Waals surface area contributed by atoms with Gasteiger partial charge in [0.05, 0.1) is 11.0 Å². The molecule has 2 N–H and O–H groups in total. The molecule has 2 aliphatic heterocycles. The summed E-state index contributed by atoms with van der Waals surface area (Å²) in [5.41, 5.74) is 0.650. The van der Waals surface area contributed by atoms with Gasteiger partial charge in [-0.05, 0) is 29.8 Å². The van der Waals surface area contributed by atoms with Crippen LogP contribution in [0.3, 0.4) is 0 Å². The summed E-state index contributed by atoms with van der Waals surface area (Å²) in [5, 5.41) is 12.6. The summed E-state index contributed by atoms with van der Waals surface area (Å²) in [4.78, 5) is 24.5. The predicted octanol–water partition coefficient (Wildman–Crippen LogP) is 0.580. The number of hydrogen-bond donors (Lipinski definition) is 2. The molecule has 0 aromatic heterocycles. The van der Waals surface area contributed by atoms with E-state index in [0.717, 1.165) is 4.31 Å². The molecule has 2 aliphatic rings. The third-order valence-electron chi connectivity index (χ3n) is 5.37. The molecule has 34 heavy (non-hydrogen) atoms. The first-order valence-electron chi connectivity index (χ1n) is 10.5. The molecule has 2 aromatic rings. The van der Waals surface area contributed by atoms with E-state index >= 15 is 0 Å². The van der Waals surface area contributed by atoms with Gasteiger partial charge in [0.2, 0.25) is 10.0 Å². The number of benzene rings is 2. The molecule has 0 unspecified atom stereocenters. The van der Waals surface area contributed by atoms with Crippen LogP contribution in [0.5, 0.6) is 11.5 Å². The summed E-state index contributed by atoms with van der Waals surface area (Å²) in [7, 11) is -4.18. The Morgan fingerprint density at radius 3 is 2.56 bits per heavy atom. The number of ether oxygens (including phenoxy) is 3. The van der Waals surface area contributed by atoms with Gasteiger partial charge in [0.15, 0.2) is 18.1 Å². The van der Waals surface area contributed by atoms with Crippen LogP contribution in [-0.2, 0) is 30.9 Å². The van der Waals surface area contributed by atoms with Crippen molar-refractivity contribution in [3.63, 3.8) is 0 Å². The Hall–Kier alpha value is -3.22. The molecule has 0 saturated carbocycles. The van der Waals surface area contributed by atoms with Crippen LogP contribution < -0.4 is 14.8 Å². The van der Waals surface area contributed by atoms with Crippen LogP contribution >= 0.6 is 0 Å². The lowest BCUT2D eigenvalue weighted by Crippen LogP contribution is -2.42. The van der Waals surface area contributed by atoms with Crippen molar-refractivity contribution in [2.45, 2.75) is 30.0 Å². The van der Waals surface area contributed by atoms with Gasteiger partial charge in [-0.15, -0.1) is 0 Å². The van der Waals surface area contributed by atoms with Crippen molar-refractivity contribution in [1.29, 1.82) is 0 Å². The Labute approximate surface area is 195 Å². The topological polar surface area (TPSA) is 131 Å². The van der Waals surface area contributed by atoms with Gasteiger partial charge in [-0.25, -0.2) is 12.8 Å². The molecule has 4 rings (SSSR count). The number of rotatable bonds is 7. The zero-order valence-electron chi connectivity index (χ0n) is 18.0. The minimum Gasteiger partial charge on any atom is -0.486 e. The van der Waals surface area contributed by atoms with E-state index in [4.69, 9.17) is 14.2 Å². The molecular weight excluding hydrogens is 471 g/mol. The minimum absolute atomic E-state index is 0.101. The first kappa shape index (κ1) is 23.9. The second-order valence-corrected chi connectivity index (χ2v) is 9.69. The molecule has 0 radical (unpaired) electrons. The molecule has 0 spiro atoms. The minimum atomic E-state index is -4.18. The number of aliphatic hydroxyl groups excluding tert-OH is 1. The van der Waals surface area contributed by atoms with Crippen molar-refractivity contribution in [3.8, 4) is 11.5 Å². The number of carbonyl (C=O) groups excluding carboxylic acids is 2. The largest absolute Gasteiger partial charge is 0.486 e. The molecule has 1 fully saturated rings. The van der Waals surface area contributed by atoms with Crippen LogP contribution in [0.4, 0.5) is 4.39 Å². The van der Waals surface area contributed by atoms with Gasteiger partial charge in [-0.1, -0.05) is 12.1 Å². The van der Waals surface area contributed by atoms with Crippen LogP contribution in [0.1, 0.15) is 12.0 Å². The van der Waals surface area contributed by atoms with Crippen molar-refractivity contribution < 1.29 is 41.7 Å². The number of esters is 1. The number of hydrogen-bond acceptors (Lipinski definition) is 8. The van der Waals surface area contributed by atoms with Crippen molar-refractivity contribution in [3.05, 3.63) is 53.8 Å². The van der Waals surface area contributed by atoms with Crippen LogP contribution in [0.2, 0.25) is 0 Å². The molecule has 1 saturated heterocycles. The van der Waals surface area contributed by atoms with Gasteiger partial charge in [0.1, 0.15) is 25.1 Å². The number of β-amino-alcohol motifs (C(OH)–C–C–N with tert-alkyl or cyclic N) is 1. The molecule has 2 aromatic carbocycles. The quantitative estimate of drug-likeness (QED) is 0.535. The zero-order chi connectivity index (χ0) is 24.3. The van der Waals surface area contributed by atoms with Gasteiger partial charge in [-0.2, -0.15) is 4.31 Å². The fourth-order valence-electron chi connectivity index (χ4n) is 3.67. The smallest absolute Gasteiger partial charge is 0.325 e. The monoisotopic (exact) mass is 494 g/mol. The summed E-state index contributed by atoms with van der Waals surface area (Å²) in [6.07, 6.45) is -1.24. The Bertz CT molecular complexity index is 1170. The Balaban J connectivity index is 1.38. The fraction of sp³-hybridized carbons (Fsp3) is 0.364. The molecule has 10 nitrogen and oxygen atoms in total. The molecular formula is C22H23FN2O8S. The lowest BCUT2D eigenvalue weighted by Gasteiger charge is -2.24. The van der Waals surface area contributed by atoms with Gasteiger partial charge < -0.3 is 24.6 Å². The number of nitrogens with one attached hydrogen (secondary N) is 1.